The van der Waals surface area contributed by atoms with Crippen molar-refractivity contribution in [3.63, 3.8) is 0 Å². The molecule has 0 atom stereocenters. The van der Waals surface area contributed by atoms with Crippen LogP contribution in [0.2, 0.25) is 0 Å². The molecule has 1 aromatic carbocycles. The quantitative estimate of drug-likeness (QED) is 0.902. The maximum absolute atomic E-state index is 13.3. The molecule has 1 saturated carbocycles. The van der Waals surface area contributed by atoms with Crippen LogP contribution in [0.5, 0.6) is 0 Å². The Hall–Kier alpha value is -1.84. The molecular formula is C14H15FN2O. The third kappa shape index (κ3) is 1.98. The number of nitrogen functional groups attached to an aromatic ring is 1. The lowest BCUT2D eigenvalue weighted by molar-refractivity contribution is 0.306. The molecule has 94 valence electrons. The van der Waals surface area contributed by atoms with Gasteiger partial charge in [0.2, 0.25) is 5.88 Å². The molecule has 2 aromatic rings. The van der Waals surface area contributed by atoms with Gasteiger partial charge in [-0.25, -0.2) is 4.39 Å². The van der Waals surface area contributed by atoms with E-state index in [0.717, 1.165) is 23.2 Å². The van der Waals surface area contributed by atoms with Crippen molar-refractivity contribution in [1.82, 2.24) is 5.16 Å². The van der Waals surface area contributed by atoms with Crippen molar-refractivity contribution >= 4 is 5.88 Å². The van der Waals surface area contributed by atoms with Gasteiger partial charge >= 0.3 is 0 Å². The van der Waals surface area contributed by atoms with Crippen LogP contribution >= 0.6 is 0 Å². The first-order valence-corrected chi connectivity index (χ1v) is 6.24. The molecule has 1 fully saturated rings. The number of hydrogen-bond acceptors (Lipinski definition) is 3. The van der Waals surface area contributed by atoms with Crippen LogP contribution in [0.25, 0.3) is 11.1 Å². The number of halogens is 1. The van der Waals surface area contributed by atoms with Gasteiger partial charge in [-0.3, -0.25) is 0 Å². The second kappa shape index (κ2) is 4.44. The molecule has 0 spiro atoms. The Morgan fingerprint density at radius 3 is 2.89 bits per heavy atom. The van der Waals surface area contributed by atoms with Crippen molar-refractivity contribution in [1.29, 1.82) is 0 Å². The van der Waals surface area contributed by atoms with Crippen molar-refractivity contribution in [3.8, 4) is 11.1 Å². The fourth-order valence-corrected chi connectivity index (χ4v) is 2.40. The van der Waals surface area contributed by atoms with E-state index in [2.05, 4.69) is 5.16 Å². The first-order valence-electron chi connectivity index (χ1n) is 6.24. The number of rotatable bonds is 3. The van der Waals surface area contributed by atoms with E-state index in [1.807, 2.05) is 6.07 Å². The fraction of sp³-hybridized carbons (Fsp3) is 0.357. The standard InChI is InChI=1S/C14H15FN2O/c15-11-6-2-5-10(8-11)13-12(17-18-14(13)16)7-9-3-1-4-9/h2,5-6,8-9H,1,3-4,7,16H2. The van der Waals surface area contributed by atoms with Crippen LogP contribution in [0.3, 0.4) is 0 Å². The molecule has 3 rings (SSSR count). The van der Waals surface area contributed by atoms with Crippen LogP contribution < -0.4 is 5.73 Å². The number of benzene rings is 1. The predicted molar refractivity (Wildman–Crippen MR) is 67.4 cm³/mol. The van der Waals surface area contributed by atoms with Crippen molar-refractivity contribution in [2.24, 2.45) is 5.92 Å². The third-order valence-electron chi connectivity index (χ3n) is 3.61. The second-order valence-electron chi connectivity index (χ2n) is 4.88. The molecule has 0 amide bonds. The Labute approximate surface area is 105 Å². The van der Waals surface area contributed by atoms with Crippen LogP contribution in [-0.2, 0) is 6.42 Å². The monoisotopic (exact) mass is 246 g/mol. The molecule has 0 bridgehead atoms. The highest BCUT2D eigenvalue weighted by atomic mass is 19.1. The van der Waals surface area contributed by atoms with Gasteiger partial charge in [0.1, 0.15) is 5.82 Å². The fourth-order valence-electron chi connectivity index (χ4n) is 2.40. The maximum Gasteiger partial charge on any atom is 0.230 e. The van der Waals surface area contributed by atoms with Gasteiger partial charge in [0.15, 0.2) is 0 Å². The molecule has 0 aliphatic heterocycles. The Bertz CT molecular complexity index is 561. The first-order chi connectivity index (χ1) is 8.74. The summed E-state index contributed by atoms with van der Waals surface area (Å²) in [4.78, 5) is 0. The molecule has 0 unspecified atom stereocenters. The van der Waals surface area contributed by atoms with Crippen LogP contribution in [0.1, 0.15) is 25.0 Å². The SMILES string of the molecule is Nc1onc(CC2CCC2)c1-c1cccc(F)c1. The molecule has 2 N–H and O–H groups in total. The number of aromatic nitrogens is 1. The van der Waals surface area contributed by atoms with Crippen LogP contribution in [0, 0.1) is 11.7 Å². The average molecular weight is 246 g/mol. The van der Waals surface area contributed by atoms with Gasteiger partial charge in [0.25, 0.3) is 0 Å². The largest absolute Gasteiger partial charge is 0.367 e. The zero-order valence-corrected chi connectivity index (χ0v) is 10.0. The van der Waals surface area contributed by atoms with E-state index in [0.29, 0.717) is 5.92 Å². The van der Waals surface area contributed by atoms with Crippen molar-refractivity contribution in [2.45, 2.75) is 25.7 Å². The van der Waals surface area contributed by atoms with E-state index in [1.54, 1.807) is 6.07 Å². The minimum absolute atomic E-state index is 0.273. The smallest absolute Gasteiger partial charge is 0.230 e. The molecule has 1 aromatic heterocycles. The van der Waals surface area contributed by atoms with Crippen LogP contribution in [-0.4, -0.2) is 5.16 Å². The average Bonchev–Trinajstić information content (AvgIpc) is 2.65. The predicted octanol–water partition coefficient (Wildman–Crippen LogP) is 3.41. The zero-order valence-electron chi connectivity index (χ0n) is 10.0. The topological polar surface area (TPSA) is 52.0 Å². The summed E-state index contributed by atoms with van der Waals surface area (Å²) in [5.41, 5.74) is 8.15. The van der Waals surface area contributed by atoms with Gasteiger partial charge in [-0.15, -0.1) is 0 Å². The highest BCUT2D eigenvalue weighted by Crippen LogP contribution is 2.35. The zero-order chi connectivity index (χ0) is 12.5. The summed E-state index contributed by atoms with van der Waals surface area (Å²) in [7, 11) is 0. The summed E-state index contributed by atoms with van der Waals surface area (Å²) < 4.78 is 18.3. The minimum atomic E-state index is -0.275. The summed E-state index contributed by atoms with van der Waals surface area (Å²) in [6.45, 7) is 0. The van der Waals surface area contributed by atoms with Crippen LogP contribution in [0.4, 0.5) is 10.3 Å². The molecule has 3 nitrogen and oxygen atoms in total. The van der Waals surface area contributed by atoms with Crippen molar-refractivity contribution in [2.75, 3.05) is 5.73 Å². The Balaban J connectivity index is 1.96. The Morgan fingerprint density at radius 2 is 2.22 bits per heavy atom. The third-order valence-corrected chi connectivity index (χ3v) is 3.61. The van der Waals surface area contributed by atoms with E-state index in [4.69, 9.17) is 10.3 Å². The summed E-state index contributed by atoms with van der Waals surface area (Å²) in [5, 5.41) is 4.02. The number of hydrogen-bond donors (Lipinski definition) is 1. The van der Waals surface area contributed by atoms with Crippen molar-refractivity contribution in [3.05, 3.63) is 35.8 Å². The van der Waals surface area contributed by atoms with E-state index >= 15 is 0 Å². The van der Waals surface area contributed by atoms with Gasteiger partial charge in [0, 0.05) is 0 Å². The van der Waals surface area contributed by atoms with Gasteiger partial charge in [0.05, 0.1) is 11.3 Å². The molecule has 4 heteroatoms. The van der Waals surface area contributed by atoms with E-state index in [9.17, 15) is 4.39 Å². The summed E-state index contributed by atoms with van der Waals surface area (Å²) in [6.07, 6.45) is 4.62. The molecule has 1 heterocycles. The Kier molecular flexibility index (Phi) is 2.78. The molecular weight excluding hydrogens is 231 g/mol. The molecule has 1 aliphatic rings. The lowest BCUT2D eigenvalue weighted by Crippen LogP contribution is -2.14. The van der Waals surface area contributed by atoms with Crippen LogP contribution in [0.15, 0.2) is 28.8 Å². The second-order valence-corrected chi connectivity index (χ2v) is 4.88. The van der Waals surface area contributed by atoms with E-state index < -0.39 is 0 Å². The summed E-state index contributed by atoms with van der Waals surface area (Å²) >= 11 is 0. The highest BCUT2D eigenvalue weighted by Gasteiger charge is 2.23. The molecule has 0 saturated heterocycles. The lowest BCUT2D eigenvalue weighted by Gasteiger charge is -2.24. The number of anilines is 1. The number of nitrogens with two attached hydrogens (primary N) is 1. The summed E-state index contributed by atoms with van der Waals surface area (Å²) in [6, 6.07) is 6.38. The Morgan fingerprint density at radius 1 is 1.39 bits per heavy atom. The minimum Gasteiger partial charge on any atom is -0.367 e. The first kappa shape index (κ1) is 11.3. The summed E-state index contributed by atoms with van der Waals surface area (Å²) in [5.74, 6) is 0.666. The number of nitrogens with zero attached hydrogens (tertiary/aromatic N) is 1. The van der Waals surface area contributed by atoms with Gasteiger partial charge in [-0.2, -0.15) is 0 Å². The van der Waals surface area contributed by atoms with Gasteiger partial charge in [-0.1, -0.05) is 36.6 Å². The van der Waals surface area contributed by atoms with E-state index in [1.165, 1.54) is 31.4 Å². The van der Waals surface area contributed by atoms with Crippen molar-refractivity contribution < 1.29 is 8.91 Å². The molecule has 1 aliphatic carbocycles. The highest BCUT2D eigenvalue weighted by molar-refractivity contribution is 5.75. The maximum atomic E-state index is 13.3. The van der Waals surface area contributed by atoms with E-state index in [-0.39, 0.29) is 11.7 Å². The normalized spacial score (nSPS) is 15.6. The van der Waals surface area contributed by atoms with Gasteiger partial charge in [-0.05, 0) is 30.0 Å². The lowest BCUT2D eigenvalue weighted by atomic mass is 9.81. The molecule has 0 radical (unpaired) electrons. The van der Waals surface area contributed by atoms with Gasteiger partial charge < -0.3 is 10.3 Å². The molecule has 18 heavy (non-hydrogen) atoms.